The molecule has 1 aromatic rings. The summed E-state index contributed by atoms with van der Waals surface area (Å²) >= 11 is 6.07. The number of nitrogens with two attached hydrogens (primary N) is 1. The lowest BCUT2D eigenvalue weighted by molar-refractivity contribution is -0.128. The van der Waals surface area contributed by atoms with Gasteiger partial charge in [0.15, 0.2) is 6.10 Å². The number of hydrogen-bond donors (Lipinski definition) is 2. The van der Waals surface area contributed by atoms with E-state index in [4.69, 9.17) is 22.2 Å². The molecule has 0 aliphatic carbocycles. The zero-order chi connectivity index (χ0) is 13.5. The molecule has 18 heavy (non-hydrogen) atoms. The number of rotatable bonds is 6. The first-order valence-corrected chi connectivity index (χ1v) is 6.39. The van der Waals surface area contributed by atoms with Crippen LogP contribution in [0.1, 0.15) is 31.7 Å². The molecule has 0 fully saturated rings. The third-order valence-corrected chi connectivity index (χ3v) is 2.91. The van der Waals surface area contributed by atoms with Crippen LogP contribution in [0.25, 0.3) is 0 Å². The van der Waals surface area contributed by atoms with E-state index in [1.165, 1.54) is 0 Å². The number of amides is 1. The number of halogens is 1. The third-order valence-electron chi connectivity index (χ3n) is 2.61. The number of aryl methyl sites for hydroxylation is 1. The molecule has 0 heterocycles. The molecule has 0 spiro atoms. The molecular formula is C13H19ClN2O2. The number of benzene rings is 1. The molecule has 1 amide bonds. The zero-order valence-corrected chi connectivity index (χ0v) is 11.5. The summed E-state index contributed by atoms with van der Waals surface area (Å²) in [5.41, 5.74) is 3.16. The van der Waals surface area contributed by atoms with Gasteiger partial charge in [-0.1, -0.05) is 31.0 Å². The highest BCUT2D eigenvalue weighted by Crippen LogP contribution is 2.26. The van der Waals surface area contributed by atoms with Crippen LogP contribution in [-0.2, 0) is 4.79 Å². The highest BCUT2D eigenvalue weighted by Gasteiger charge is 2.19. The molecule has 0 aromatic heterocycles. The van der Waals surface area contributed by atoms with Gasteiger partial charge in [-0.15, -0.1) is 0 Å². The molecule has 0 saturated carbocycles. The first-order valence-electron chi connectivity index (χ1n) is 6.01. The minimum absolute atomic E-state index is 0.333. The summed E-state index contributed by atoms with van der Waals surface area (Å²) in [6.45, 7) is 3.99. The van der Waals surface area contributed by atoms with Gasteiger partial charge in [0.05, 0.1) is 5.02 Å². The fourth-order valence-electron chi connectivity index (χ4n) is 1.58. The third kappa shape index (κ3) is 4.20. The Bertz CT molecular complexity index is 410. The monoisotopic (exact) mass is 270 g/mol. The SMILES string of the molecule is CCCCC(Oc1ccc(C)cc1Cl)C(=O)NN. The van der Waals surface area contributed by atoms with Crippen molar-refractivity contribution in [1.29, 1.82) is 0 Å². The number of unbranched alkanes of at least 4 members (excludes halogenated alkanes) is 1. The van der Waals surface area contributed by atoms with E-state index in [9.17, 15) is 4.79 Å². The average Bonchev–Trinajstić information content (AvgIpc) is 2.36. The summed E-state index contributed by atoms with van der Waals surface area (Å²) in [5, 5.41) is 0.501. The largest absolute Gasteiger partial charge is 0.479 e. The number of hydrazine groups is 1. The van der Waals surface area contributed by atoms with Gasteiger partial charge < -0.3 is 4.74 Å². The summed E-state index contributed by atoms with van der Waals surface area (Å²) in [6, 6.07) is 5.45. The maximum atomic E-state index is 11.6. The number of nitrogens with one attached hydrogen (secondary N) is 1. The van der Waals surface area contributed by atoms with Crippen molar-refractivity contribution < 1.29 is 9.53 Å². The summed E-state index contributed by atoms with van der Waals surface area (Å²) in [7, 11) is 0. The van der Waals surface area contributed by atoms with Gasteiger partial charge in [-0.05, 0) is 37.5 Å². The van der Waals surface area contributed by atoms with Gasteiger partial charge in [0.1, 0.15) is 5.75 Å². The Morgan fingerprint density at radius 3 is 2.83 bits per heavy atom. The van der Waals surface area contributed by atoms with Gasteiger partial charge in [-0.3, -0.25) is 10.2 Å². The van der Waals surface area contributed by atoms with Crippen molar-refractivity contribution in [3.63, 3.8) is 0 Å². The van der Waals surface area contributed by atoms with E-state index in [0.29, 0.717) is 17.2 Å². The highest BCUT2D eigenvalue weighted by molar-refractivity contribution is 6.32. The van der Waals surface area contributed by atoms with E-state index >= 15 is 0 Å². The summed E-state index contributed by atoms with van der Waals surface area (Å²) in [5.74, 6) is 5.32. The van der Waals surface area contributed by atoms with Gasteiger partial charge in [0, 0.05) is 0 Å². The first kappa shape index (κ1) is 14.8. The normalized spacial score (nSPS) is 12.0. The Hall–Kier alpha value is -1.26. The molecule has 1 rings (SSSR count). The number of hydrogen-bond acceptors (Lipinski definition) is 3. The Morgan fingerprint density at radius 1 is 1.56 bits per heavy atom. The van der Waals surface area contributed by atoms with E-state index in [2.05, 4.69) is 12.3 Å². The molecule has 100 valence electrons. The lowest BCUT2D eigenvalue weighted by atomic mass is 10.1. The summed E-state index contributed by atoms with van der Waals surface area (Å²) in [4.78, 5) is 11.6. The highest BCUT2D eigenvalue weighted by atomic mass is 35.5. The minimum Gasteiger partial charge on any atom is -0.479 e. The lowest BCUT2D eigenvalue weighted by Crippen LogP contribution is -2.42. The van der Waals surface area contributed by atoms with E-state index in [0.717, 1.165) is 18.4 Å². The van der Waals surface area contributed by atoms with Crippen LogP contribution in [-0.4, -0.2) is 12.0 Å². The molecule has 1 unspecified atom stereocenters. The quantitative estimate of drug-likeness (QED) is 0.474. The van der Waals surface area contributed by atoms with Crippen molar-refractivity contribution in [3.8, 4) is 5.75 Å². The van der Waals surface area contributed by atoms with Crippen LogP contribution in [0, 0.1) is 6.92 Å². The van der Waals surface area contributed by atoms with Crippen LogP contribution in [0.4, 0.5) is 0 Å². The van der Waals surface area contributed by atoms with E-state index in [1.807, 2.05) is 13.0 Å². The molecule has 0 aliphatic heterocycles. The van der Waals surface area contributed by atoms with Crippen LogP contribution in [0.2, 0.25) is 5.02 Å². The number of carbonyl (C=O) groups excluding carboxylic acids is 1. The lowest BCUT2D eigenvalue weighted by Gasteiger charge is -2.18. The molecule has 5 heteroatoms. The Labute approximate surface area is 112 Å². The second kappa shape index (κ2) is 7.24. The maximum absolute atomic E-state index is 11.6. The predicted molar refractivity (Wildman–Crippen MR) is 72.5 cm³/mol. The topological polar surface area (TPSA) is 64.3 Å². The molecular weight excluding hydrogens is 252 g/mol. The van der Waals surface area contributed by atoms with Gasteiger partial charge in [0.2, 0.25) is 0 Å². The second-order valence-corrected chi connectivity index (χ2v) is 4.60. The zero-order valence-electron chi connectivity index (χ0n) is 10.7. The second-order valence-electron chi connectivity index (χ2n) is 4.19. The molecule has 4 nitrogen and oxygen atoms in total. The van der Waals surface area contributed by atoms with Crippen LogP contribution in [0.3, 0.4) is 0 Å². The first-order chi connectivity index (χ1) is 8.58. The van der Waals surface area contributed by atoms with Gasteiger partial charge >= 0.3 is 0 Å². The average molecular weight is 271 g/mol. The van der Waals surface area contributed by atoms with Gasteiger partial charge in [-0.2, -0.15) is 0 Å². The Kier molecular flexibility index (Phi) is 5.95. The fourth-order valence-corrected chi connectivity index (χ4v) is 1.86. The van der Waals surface area contributed by atoms with Crippen molar-refractivity contribution in [2.24, 2.45) is 5.84 Å². The molecule has 0 bridgehead atoms. The number of ether oxygens (including phenoxy) is 1. The van der Waals surface area contributed by atoms with Crippen molar-refractivity contribution >= 4 is 17.5 Å². The van der Waals surface area contributed by atoms with Crippen LogP contribution < -0.4 is 16.0 Å². The maximum Gasteiger partial charge on any atom is 0.274 e. The fraction of sp³-hybridized carbons (Fsp3) is 0.462. The van der Waals surface area contributed by atoms with Crippen molar-refractivity contribution in [2.45, 2.75) is 39.2 Å². The molecule has 3 N–H and O–H groups in total. The van der Waals surface area contributed by atoms with Gasteiger partial charge in [-0.25, -0.2) is 5.84 Å². The summed E-state index contributed by atoms with van der Waals surface area (Å²) < 4.78 is 5.63. The number of carbonyl (C=O) groups is 1. The standard InChI is InChI=1S/C13H19ClN2O2/c1-3-4-5-12(13(17)16-15)18-11-7-6-9(2)8-10(11)14/h6-8,12H,3-5,15H2,1-2H3,(H,16,17). The molecule has 0 saturated heterocycles. The van der Waals surface area contributed by atoms with Gasteiger partial charge in [0.25, 0.3) is 5.91 Å². The molecule has 1 aromatic carbocycles. The van der Waals surface area contributed by atoms with Crippen LogP contribution in [0.5, 0.6) is 5.75 Å². The van der Waals surface area contributed by atoms with Crippen LogP contribution in [0.15, 0.2) is 18.2 Å². The summed E-state index contributed by atoms with van der Waals surface area (Å²) in [6.07, 6.45) is 1.89. The van der Waals surface area contributed by atoms with Crippen molar-refractivity contribution in [3.05, 3.63) is 28.8 Å². The Balaban J connectivity index is 2.78. The smallest absolute Gasteiger partial charge is 0.274 e. The minimum atomic E-state index is -0.602. The van der Waals surface area contributed by atoms with Crippen molar-refractivity contribution in [2.75, 3.05) is 0 Å². The molecule has 0 radical (unpaired) electrons. The van der Waals surface area contributed by atoms with E-state index < -0.39 is 6.10 Å². The molecule has 1 atom stereocenters. The van der Waals surface area contributed by atoms with E-state index in [1.54, 1.807) is 12.1 Å². The predicted octanol–water partition coefficient (Wildman–Crippen LogP) is 2.58. The Morgan fingerprint density at radius 2 is 2.28 bits per heavy atom. The molecule has 0 aliphatic rings. The van der Waals surface area contributed by atoms with Crippen LogP contribution >= 0.6 is 11.6 Å². The van der Waals surface area contributed by atoms with E-state index in [-0.39, 0.29) is 5.91 Å². The van der Waals surface area contributed by atoms with Crippen molar-refractivity contribution in [1.82, 2.24) is 5.43 Å².